The number of carbonyl (C=O) groups is 1. The van der Waals surface area contributed by atoms with Crippen LogP contribution in [0, 0.1) is 0 Å². The van der Waals surface area contributed by atoms with Crippen molar-refractivity contribution in [3.63, 3.8) is 0 Å². The summed E-state index contributed by atoms with van der Waals surface area (Å²) in [6.07, 6.45) is 0. The molecule has 4 rings (SSSR count). The molecule has 162 valence electrons. The molecular weight excluding hydrogens is 402 g/mol. The lowest BCUT2D eigenvalue weighted by Crippen LogP contribution is -2.12. The van der Waals surface area contributed by atoms with E-state index in [9.17, 15) is 9.59 Å². The summed E-state index contributed by atoms with van der Waals surface area (Å²) < 4.78 is 11.2. The van der Waals surface area contributed by atoms with Crippen LogP contribution in [-0.4, -0.2) is 13.0 Å². The average Bonchev–Trinajstić information content (AvgIpc) is 2.78. The second kappa shape index (κ2) is 8.35. The smallest absolute Gasteiger partial charge is 0.255 e. The van der Waals surface area contributed by atoms with E-state index in [1.54, 1.807) is 49.6 Å². The molecule has 5 heteroatoms. The van der Waals surface area contributed by atoms with E-state index in [2.05, 4.69) is 26.1 Å². The molecule has 0 unspecified atom stereocenters. The molecule has 0 saturated heterocycles. The molecule has 0 radical (unpaired) electrons. The number of hydrogen-bond donors (Lipinski definition) is 1. The van der Waals surface area contributed by atoms with Crippen molar-refractivity contribution in [2.24, 2.45) is 0 Å². The largest absolute Gasteiger partial charge is 0.497 e. The zero-order chi connectivity index (χ0) is 22.9. The molecule has 3 aromatic carbocycles. The minimum absolute atomic E-state index is 0.0414. The van der Waals surface area contributed by atoms with Crippen LogP contribution in [0.1, 0.15) is 36.7 Å². The number of ether oxygens (including phenoxy) is 1. The Labute approximate surface area is 186 Å². The summed E-state index contributed by atoms with van der Waals surface area (Å²) >= 11 is 0. The zero-order valence-electron chi connectivity index (χ0n) is 18.6. The van der Waals surface area contributed by atoms with E-state index in [-0.39, 0.29) is 16.8 Å². The fourth-order valence-electron chi connectivity index (χ4n) is 3.46. The van der Waals surface area contributed by atoms with Crippen LogP contribution >= 0.6 is 0 Å². The number of rotatable bonds is 4. The Hall–Kier alpha value is -3.86. The summed E-state index contributed by atoms with van der Waals surface area (Å²) in [6.45, 7) is 6.46. The van der Waals surface area contributed by atoms with Crippen LogP contribution in [0.2, 0.25) is 0 Å². The van der Waals surface area contributed by atoms with Gasteiger partial charge in [0.25, 0.3) is 5.91 Å². The van der Waals surface area contributed by atoms with Crippen LogP contribution in [0.25, 0.3) is 22.3 Å². The molecule has 5 nitrogen and oxygen atoms in total. The van der Waals surface area contributed by atoms with Crippen LogP contribution in [-0.2, 0) is 5.41 Å². The molecule has 0 bridgehead atoms. The number of amides is 1. The van der Waals surface area contributed by atoms with E-state index in [1.165, 1.54) is 11.6 Å². The molecule has 0 fully saturated rings. The van der Waals surface area contributed by atoms with Crippen molar-refractivity contribution in [2.75, 3.05) is 12.4 Å². The highest BCUT2D eigenvalue weighted by Crippen LogP contribution is 2.28. The number of carbonyl (C=O) groups excluding carboxylic acids is 1. The lowest BCUT2D eigenvalue weighted by molar-refractivity contribution is 0.102. The lowest BCUT2D eigenvalue weighted by Gasteiger charge is -2.19. The molecule has 1 N–H and O–H groups in total. The molecule has 0 atom stereocenters. The van der Waals surface area contributed by atoms with Gasteiger partial charge in [0, 0.05) is 28.9 Å². The van der Waals surface area contributed by atoms with Gasteiger partial charge in [-0.2, -0.15) is 0 Å². The second-order valence-electron chi connectivity index (χ2n) is 8.70. The highest BCUT2D eigenvalue weighted by Gasteiger charge is 2.14. The summed E-state index contributed by atoms with van der Waals surface area (Å²) in [5.41, 5.74) is 3.40. The maximum absolute atomic E-state index is 12.7. The summed E-state index contributed by atoms with van der Waals surface area (Å²) in [4.78, 5) is 25.2. The molecular formula is C27H25NO4. The van der Waals surface area contributed by atoms with Gasteiger partial charge in [0.15, 0.2) is 5.43 Å². The molecule has 0 aliphatic heterocycles. The third-order valence-electron chi connectivity index (χ3n) is 5.37. The monoisotopic (exact) mass is 427 g/mol. The van der Waals surface area contributed by atoms with Gasteiger partial charge >= 0.3 is 0 Å². The van der Waals surface area contributed by atoms with Crippen LogP contribution in [0.3, 0.4) is 0 Å². The third kappa shape index (κ3) is 4.42. The van der Waals surface area contributed by atoms with Crippen molar-refractivity contribution in [3.05, 3.63) is 94.1 Å². The Bertz CT molecular complexity index is 1330. The Kier molecular flexibility index (Phi) is 5.57. The van der Waals surface area contributed by atoms with Crippen molar-refractivity contribution in [2.45, 2.75) is 26.2 Å². The van der Waals surface area contributed by atoms with Crippen molar-refractivity contribution < 1.29 is 13.9 Å². The third-order valence-corrected chi connectivity index (χ3v) is 5.37. The van der Waals surface area contributed by atoms with E-state index in [0.717, 1.165) is 5.56 Å². The van der Waals surface area contributed by atoms with Crippen LogP contribution in [0.5, 0.6) is 5.75 Å². The Morgan fingerprint density at radius 2 is 1.59 bits per heavy atom. The average molecular weight is 428 g/mol. The van der Waals surface area contributed by atoms with E-state index in [0.29, 0.717) is 33.7 Å². The molecule has 0 aliphatic rings. The first-order valence-electron chi connectivity index (χ1n) is 10.4. The van der Waals surface area contributed by atoms with Crippen molar-refractivity contribution >= 4 is 22.6 Å². The fraction of sp³-hybridized carbons (Fsp3) is 0.185. The van der Waals surface area contributed by atoms with E-state index in [1.807, 2.05) is 24.3 Å². The molecule has 1 heterocycles. The minimum Gasteiger partial charge on any atom is -0.497 e. The van der Waals surface area contributed by atoms with Crippen LogP contribution in [0.15, 0.2) is 82.0 Å². The molecule has 1 amide bonds. The summed E-state index contributed by atoms with van der Waals surface area (Å²) in [5, 5.41) is 3.31. The van der Waals surface area contributed by atoms with Gasteiger partial charge < -0.3 is 14.5 Å². The summed E-state index contributed by atoms with van der Waals surface area (Å²) in [5.74, 6) is 0.905. The standard InChI is InChI=1S/C27H25NO4/c1-27(2,3)19-9-5-17(6-10-19)24-16-23(29)22-14-11-20(15-25(22)32-24)28-26(30)18-7-12-21(31-4)13-8-18/h5-16H,1-4H3,(H,28,30). The number of fused-ring (bicyclic) bond motifs is 1. The van der Waals surface area contributed by atoms with Gasteiger partial charge in [-0.25, -0.2) is 0 Å². The second-order valence-corrected chi connectivity index (χ2v) is 8.70. The van der Waals surface area contributed by atoms with Gasteiger partial charge in [0.1, 0.15) is 17.1 Å². The first-order chi connectivity index (χ1) is 15.2. The maximum atomic E-state index is 12.7. The Morgan fingerprint density at radius 1 is 0.906 bits per heavy atom. The zero-order valence-corrected chi connectivity index (χ0v) is 18.6. The molecule has 32 heavy (non-hydrogen) atoms. The van der Waals surface area contributed by atoms with Crippen molar-refractivity contribution in [1.82, 2.24) is 0 Å². The fourth-order valence-corrected chi connectivity index (χ4v) is 3.46. The van der Waals surface area contributed by atoms with E-state index in [4.69, 9.17) is 9.15 Å². The van der Waals surface area contributed by atoms with E-state index >= 15 is 0 Å². The summed E-state index contributed by atoms with van der Waals surface area (Å²) in [7, 11) is 1.57. The first kappa shape index (κ1) is 21.4. The van der Waals surface area contributed by atoms with Gasteiger partial charge in [0.2, 0.25) is 0 Å². The molecule has 0 spiro atoms. The topological polar surface area (TPSA) is 68.5 Å². The predicted molar refractivity (Wildman–Crippen MR) is 128 cm³/mol. The Balaban J connectivity index is 1.64. The lowest BCUT2D eigenvalue weighted by atomic mass is 9.86. The predicted octanol–water partition coefficient (Wildman–Crippen LogP) is 6.02. The highest BCUT2D eigenvalue weighted by molar-refractivity contribution is 6.05. The Morgan fingerprint density at radius 3 is 2.22 bits per heavy atom. The van der Waals surface area contributed by atoms with Crippen molar-refractivity contribution in [1.29, 1.82) is 0 Å². The van der Waals surface area contributed by atoms with Crippen molar-refractivity contribution in [3.8, 4) is 17.1 Å². The van der Waals surface area contributed by atoms with Gasteiger partial charge in [0.05, 0.1) is 12.5 Å². The number of benzene rings is 3. The molecule has 0 saturated carbocycles. The SMILES string of the molecule is COc1ccc(C(=O)Nc2ccc3c(=O)cc(-c4ccc(C(C)(C)C)cc4)oc3c2)cc1. The minimum atomic E-state index is -0.261. The summed E-state index contributed by atoms with van der Waals surface area (Å²) in [6, 6.07) is 21.4. The normalized spacial score (nSPS) is 11.4. The highest BCUT2D eigenvalue weighted by atomic mass is 16.5. The number of nitrogens with one attached hydrogen (secondary N) is 1. The quantitative estimate of drug-likeness (QED) is 0.432. The van der Waals surface area contributed by atoms with Gasteiger partial charge in [-0.15, -0.1) is 0 Å². The van der Waals surface area contributed by atoms with E-state index < -0.39 is 0 Å². The molecule has 4 aromatic rings. The first-order valence-corrected chi connectivity index (χ1v) is 10.4. The van der Waals surface area contributed by atoms with Crippen LogP contribution in [0.4, 0.5) is 5.69 Å². The number of anilines is 1. The van der Waals surface area contributed by atoms with Crippen LogP contribution < -0.4 is 15.5 Å². The maximum Gasteiger partial charge on any atom is 0.255 e. The number of methoxy groups -OCH3 is 1. The van der Waals surface area contributed by atoms with Gasteiger partial charge in [-0.3, -0.25) is 9.59 Å². The molecule has 1 aromatic heterocycles. The number of hydrogen-bond acceptors (Lipinski definition) is 4. The molecule has 0 aliphatic carbocycles. The van der Waals surface area contributed by atoms with Gasteiger partial charge in [-0.1, -0.05) is 45.0 Å². The van der Waals surface area contributed by atoms with Gasteiger partial charge in [-0.05, 0) is 47.4 Å².